The summed E-state index contributed by atoms with van der Waals surface area (Å²) >= 11 is 0. The molecule has 1 aromatic carbocycles. The topological polar surface area (TPSA) is 15.3 Å². The maximum Gasteiger partial charge on any atom is 0.0446 e. The molecule has 1 fully saturated rings. The van der Waals surface area contributed by atoms with E-state index in [1.165, 1.54) is 37.9 Å². The first-order valence-corrected chi connectivity index (χ1v) is 8.45. The molecule has 0 bridgehead atoms. The summed E-state index contributed by atoms with van der Waals surface area (Å²) in [7, 11) is 2.08. The van der Waals surface area contributed by atoms with Crippen LogP contribution in [0.4, 0.5) is 0 Å². The molecule has 0 radical (unpaired) electrons. The maximum atomic E-state index is 3.49. The number of hydrogen-bond acceptors (Lipinski definition) is 2. The second-order valence-electron chi connectivity index (χ2n) is 7.55. The average molecular weight is 288 g/mol. The lowest BCUT2D eigenvalue weighted by molar-refractivity contribution is 0.203. The zero-order valence-corrected chi connectivity index (χ0v) is 14.2. The molecule has 1 aliphatic rings. The Kier molecular flexibility index (Phi) is 5.83. The van der Waals surface area contributed by atoms with Crippen molar-refractivity contribution in [2.24, 2.45) is 11.3 Å². The molecule has 1 saturated heterocycles. The molecule has 2 atom stereocenters. The van der Waals surface area contributed by atoms with Crippen molar-refractivity contribution in [1.29, 1.82) is 0 Å². The Morgan fingerprint density at radius 2 is 1.86 bits per heavy atom. The van der Waals surface area contributed by atoms with Crippen LogP contribution in [0.5, 0.6) is 0 Å². The van der Waals surface area contributed by atoms with E-state index >= 15 is 0 Å². The fourth-order valence-corrected chi connectivity index (χ4v) is 3.51. The van der Waals surface area contributed by atoms with Gasteiger partial charge in [0, 0.05) is 12.6 Å². The van der Waals surface area contributed by atoms with E-state index in [0.717, 1.165) is 12.5 Å². The molecule has 2 nitrogen and oxygen atoms in total. The molecule has 0 amide bonds. The average Bonchev–Trinajstić information content (AvgIpc) is 2.71. The highest BCUT2D eigenvalue weighted by atomic mass is 15.1. The number of benzene rings is 1. The number of nitrogens with zero attached hydrogens (tertiary/aromatic N) is 1. The van der Waals surface area contributed by atoms with Gasteiger partial charge >= 0.3 is 0 Å². The van der Waals surface area contributed by atoms with Gasteiger partial charge < -0.3 is 10.2 Å². The Hall–Kier alpha value is -0.860. The van der Waals surface area contributed by atoms with Gasteiger partial charge in [-0.2, -0.15) is 0 Å². The number of nitrogens with one attached hydrogen (secondary N) is 1. The van der Waals surface area contributed by atoms with Crippen LogP contribution in [0.15, 0.2) is 30.3 Å². The highest BCUT2D eigenvalue weighted by Gasteiger charge is 2.27. The van der Waals surface area contributed by atoms with Crippen molar-refractivity contribution in [1.82, 2.24) is 10.2 Å². The van der Waals surface area contributed by atoms with Gasteiger partial charge in [0.25, 0.3) is 0 Å². The van der Waals surface area contributed by atoms with Gasteiger partial charge in [-0.1, -0.05) is 51.1 Å². The summed E-state index contributed by atoms with van der Waals surface area (Å²) in [4.78, 5) is 2.65. The summed E-state index contributed by atoms with van der Waals surface area (Å²) < 4.78 is 0. The predicted molar refractivity (Wildman–Crippen MR) is 91.5 cm³/mol. The SMILES string of the molecule is CNC(CN1CCCC(C(C)(C)C)CC1)c1ccccc1. The van der Waals surface area contributed by atoms with Crippen molar-refractivity contribution in [3.63, 3.8) is 0 Å². The first-order chi connectivity index (χ1) is 10.0. The van der Waals surface area contributed by atoms with E-state index in [-0.39, 0.29) is 0 Å². The second kappa shape index (κ2) is 7.42. The quantitative estimate of drug-likeness (QED) is 0.897. The van der Waals surface area contributed by atoms with Crippen molar-refractivity contribution in [3.8, 4) is 0 Å². The molecule has 2 unspecified atom stereocenters. The molecule has 2 rings (SSSR count). The molecular weight excluding hydrogens is 256 g/mol. The minimum absolute atomic E-state index is 0.442. The smallest absolute Gasteiger partial charge is 0.0446 e. The third kappa shape index (κ3) is 4.82. The third-order valence-corrected chi connectivity index (χ3v) is 5.04. The molecular formula is C19H32N2. The summed E-state index contributed by atoms with van der Waals surface area (Å²) in [6.45, 7) is 10.8. The Balaban J connectivity index is 1.93. The Bertz CT molecular complexity index is 407. The van der Waals surface area contributed by atoms with Crippen molar-refractivity contribution in [2.75, 3.05) is 26.7 Å². The number of hydrogen-bond donors (Lipinski definition) is 1. The second-order valence-corrected chi connectivity index (χ2v) is 7.55. The molecule has 118 valence electrons. The molecule has 0 aromatic heterocycles. The Morgan fingerprint density at radius 3 is 2.48 bits per heavy atom. The highest BCUT2D eigenvalue weighted by Crippen LogP contribution is 2.34. The fourth-order valence-electron chi connectivity index (χ4n) is 3.51. The summed E-state index contributed by atoms with van der Waals surface area (Å²) in [6.07, 6.45) is 4.07. The zero-order chi connectivity index (χ0) is 15.3. The van der Waals surface area contributed by atoms with Crippen molar-refractivity contribution < 1.29 is 0 Å². The first kappa shape index (κ1) is 16.5. The minimum atomic E-state index is 0.442. The van der Waals surface area contributed by atoms with Crippen LogP contribution < -0.4 is 5.32 Å². The largest absolute Gasteiger partial charge is 0.312 e. The van der Waals surface area contributed by atoms with Crippen molar-refractivity contribution in [3.05, 3.63) is 35.9 Å². The van der Waals surface area contributed by atoms with Gasteiger partial charge in [-0.3, -0.25) is 0 Å². The van der Waals surface area contributed by atoms with Crippen LogP contribution >= 0.6 is 0 Å². The molecule has 2 heteroatoms. The van der Waals surface area contributed by atoms with Gasteiger partial charge in [-0.25, -0.2) is 0 Å². The first-order valence-electron chi connectivity index (χ1n) is 8.45. The van der Waals surface area contributed by atoms with Gasteiger partial charge in [0.05, 0.1) is 0 Å². The summed E-state index contributed by atoms with van der Waals surface area (Å²) in [5.74, 6) is 0.868. The predicted octanol–water partition coefficient (Wildman–Crippen LogP) is 4.10. The van der Waals surface area contributed by atoms with Gasteiger partial charge in [0.1, 0.15) is 0 Å². The standard InChI is InChI=1S/C19H32N2/c1-19(2,3)17-11-8-13-21(14-12-17)15-18(20-4)16-9-6-5-7-10-16/h5-7,9-10,17-18,20H,8,11-15H2,1-4H3. The highest BCUT2D eigenvalue weighted by molar-refractivity contribution is 5.19. The lowest BCUT2D eigenvalue weighted by atomic mass is 9.77. The number of likely N-dealkylation sites (N-methyl/N-ethyl adjacent to an activating group) is 1. The van der Waals surface area contributed by atoms with E-state index in [9.17, 15) is 0 Å². The lowest BCUT2D eigenvalue weighted by Crippen LogP contribution is -2.35. The van der Waals surface area contributed by atoms with Crippen LogP contribution in [-0.2, 0) is 0 Å². The van der Waals surface area contributed by atoms with E-state index in [1.54, 1.807) is 0 Å². The number of likely N-dealkylation sites (tertiary alicyclic amines) is 1. The van der Waals surface area contributed by atoms with Crippen molar-refractivity contribution >= 4 is 0 Å². The van der Waals surface area contributed by atoms with Crippen LogP contribution in [0, 0.1) is 11.3 Å². The van der Waals surface area contributed by atoms with Gasteiger partial charge in [-0.05, 0) is 56.3 Å². The van der Waals surface area contributed by atoms with Crippen LogP contribution in [0.2, 0.25) is 0 Å². The van der Waals surface area contributed by atoms with Crippen LogP contribution in [0.25, 0.3) is 0 Å². The molecule has 0 saturated carbocycles. The molecule has 1 N–H and O–H groups in total. The molecule has 1 aromatic rings. The van der Waals surface area contributed by atoms with Gasteiger partial charge in [0.2, 0.25) is 0 Å². The maximum absolute atomic E-state index is 3.49. The fraction of sp³-hybridized carbons (Fsp3) is 0.684. The van der Waals surface area contributed by atoms with Gasteiger partial charge in [-0.15, -0.1) is 0 Å². The molecule has 21 heavy (non-hydrogen) atoms. The molecule has 1 heterocycles. The van der Waals surface area contributed by atoms with E-state index in [1.807, 2.05) is 0 Å². The normalized spacial score (nSPS) is 22.8. The number of rotatable bonds is 4. The molecule has 1 aliphatic heterocycles. The monoisotopic (exact) mass is 288 g/mol. The summed E-state index contributed by atoms with van der Waals surface area (Å²) in [5.41, 5.74) is 1.86. The molecule has 0 aliphatic carbocycles. The van der Waals surface area contributed by atoms with Gasteiger partial charge in [0.15, 0.2) is 0 Å². The van der Waals surface area contributed by atoms with Crippen molar-refractivity contribution in [2.45, 2.75) is 46.1 Å². The lowest BCUT2D eigenvalue weighted by Gasteiger charge is -2.30. The van der Waals surface area contributed by atoms with Crippen LogP contribution in [-0.4, -0.2) is 31.6 Å². The zero-order valence-electron chi connectivity index (χ0n) is 14.2. The van der Waals surface area contributed by atoms with Crippen LogP contribution in [0.1, 0.15) is 51.6 Å². The van der Waals surface area contributed by atoms with E-state index in [0.29, 0.717) is 11.5 Å². The molecule has 0 spiro atoms. The summed E-state index contributed by atoms with van der Waals surface area (Å²) in [6, 6.07) is 11.3. The van der Waals surface area contributed by atoms with Crippen LogP contribution in [0.3, 0.4) is 0 Å². The summed E-state index contributed by atoms with van der Waals surface area (Å²) in [5, 5.41) is 3.49. The van der Waals surface area contributed by atoms with E-state index in [4.69, 9.17) is 0 Å². The minimum Gasteiger partial charge on any atom is -0.312 e. The van der Waals surface area contributed by atoms with E-state index < -0.39 is 0 Å². The Morgan fingerprint density at radius 1 is 1.14 bits per heavy atom. The Labute approximate surface area is 130 Å². The van der Waals surface area contributed by atoms with E-state index in [2.05, 4.69) is 68.4 Å². The third-order valence-electron chi connectivity index (χ3n) is 5.04.